The Morgan fingerprint density at radius 2 is 1.69 bits per heavy atom. The summed E-state index contributed by atoms with van der Waals surface area (Å²) in [6.07, 6.45) is 7.05. The summed E-state index contributed by atoms with van der Waals surface area (Å²) in [6, 6.07) is 18.8. The van der Waals surface area contributed by atoms with Crippen molar-refractivity contribution in [3.63, 3.8) is 0 Å². The van der Waals surface area contributed by atoms with Crippen LogP contribution in [0.3, 0.4) is 0 Å². The van der Waals surface area contributed by atoms with Crippen LogP contribution in [0.15, 0.2) is 70.0 Å². The quantitative estimate of drug-likeness (QED) is 0.172. The molecule has 0 saturated heterocycles. The first kappa shape index (κ1) is 25.3. The first-order valence-corrected chi connectivity index (χ1v) is 12.8. The average Bonchev–Trinajstić information content (AvgIpc) is 3.16. The highest BCUT2D eigenvalue weighted by atomic mass is 32.2. The zero-order valence-corrected chi connectivity index (χ0v) is 21.2. The maximum Gasteiger partial charge on any atom is 0.269 e. The number of carbonyl (C=O) groups is 1. The third-order valence-electron chi connectivity index (χ3n) is 6.45. The lowest BCUT2D eigenvalue weighted by Gasteiger charge is -2.22. The number of hydrogen-bond acceptors (Lipinski definition) is 5. The number of aryl methyl sites for hydroxylation is 1. The minimum absolute atomic E-state index is 0.0733. The van der Waals surface area contributed by atoms with Crippen molar-refractivity contribution in [1.29, 1.82) is 5.26 Å². The van der Waals surface area contributed by atoms with Crippen LogP contribution < -0.4 is 5.32 Å². The van der Waals surface area contributed by atoms with E-state index in [1.165, 1.54) is 30.3 Å². The zero-order valence-electron chi connectivity index (χ0n) is 20.4. The molecule has 1 fully saturated rings. The van der Waals surface area contributed by atoms with Crippen molar-refractivity contribution in [2.75, 3.05) is 0 Å². The van der Waals surface area contributed by atoms with E-state index in [-0.39, 0.29) is 23.2 Å². The number of nitrogens with zero attached hydrogens (tertiary/aromatic N) is 3. The van der Waals surface area contributed by atoms with Gasteiger partial charge in [-0.05, 0) is 80.8 Å². The van der Waals surface area contributed by atoms with Crippen molar-refractivity contribution in [2.24, 2.45) is 0 Å². The smallest absolute Gasteiger partial charge is 0.269 e. The fraction of sp³-hybridized carbons (Fsp3) is 0.286. The van der Waals surface area contributed by atoms with Crippen LogP contribution in [0, 0.1) is 35.3 Å². The number of amides is 1. The van der Waals surface area contributed by atoms with Gasteiger partial charge in [0.25, 0.3) is 11.6 Å². The molecule has 1 aliphatic carbocycles. The van der Waals surface area contributed by atoms with Gasteiger partial charge in [-0.25, -0.2) is 0 Å². The molecule has 2 aromatic carbocycles. The number of hydrogen-bond donors (Lipinski definition) is 1. The fourth-order valence-corrected chi connectivity index (χ4v) is 5.40. The number of benzene rings is 2. The molecule has 36 heavy (non-hydrogen) atoms. The summed E-state index contributed by atoms with van der Waals surface area (Å²) in [5.41, 5.74) is 3.95. The predicted molar refractivity (Wildman–Crippen MR) is 141 cm³/mol. The second-order valence-corrected chi connectivity index (χ2v) is 10.1. The van der Waals surface area contributed by atoms with Crippen LogP contribution in [0.4, 0.5) is 5.69 Å². The summed E-state index contributed by atoms with van der Waals surface area (Å²) >= 11 is 1.53. The lowest BCUT2D eigenvalue weighted by molar-refractivity contribution is -0.384. The molecule has 1 amide bonds. The van der Waals surface area contributed by atoms with Gasteiger partial charge in [0.1, 0.15) is 11.6 Å². The van der Waals surface area contributed by atoms with Gasteiger partial charge in [0.2, 0.25) is 0 Å². The van der Waals surface area contributed by atoms with E-state index < -0.39 is 4.92 Å². The van der Waals surface area contributed by atoms with Crippen molar-refractivity contribution in [1.82, 2.24) is 9.88 Å². The van der Waals surface area contributed by atoms with Crippen LogP contribution in [0.25, 0.3) is 11.8 Å². The summed E-state index contributed by atoms with van der Waals surface area (Å²) < 4.78 is 2.10. The lowest BCUT2D eigenvalue weighted by Crippen LogP contribution is -2.36. The molecule has 184 valence electrons. The van der Waals surface area contributed by atoms with Crippen LogP contribution in [-0.2, 0) is 4.79 Å². The second-order valence-electron chi connectivity index (χ2n) is 8.99. The average molecular weight is 501 g/mol. The number of aromatic nitrogens is 1. The van der Waals surface area contributed by atoms with Crippen molar-refractivity contribution in [3.8, 4) is 11.8 Å². The number of nitrogens with one attached hydrogen (secondary N) is 1. The van der Waals surface area contributed by atoms with E-state index in [0.29, 0.717) is 0 Å². The second kappa shape index (κ2) is 11.3. The molecule has 1 saturated carbocycles. The van der Waals surface area contributed by atoms with E-state index in [4.69, 9.17) is 0 Å². The van der Waals surface area contributed by atoms with Crippen molar-refractivity contribution >= 4 is 29.4 Å². The Balaban J connectivity index is 1.50. The van der Waals surface area contributed by atoms with Crippen LogP contribution in [-0.4, -0.2) is 21.4 Å². The molecule has 4 rings (SSSR count). The summed E-state index contributed by atoms with van der Waals surface area (Å²) in [5.74, 6) is -0.304. The Morgan fingerprint density at radius 3 is 2.28 bits per heavy atom. The van der Waals surface area contributed by atoms with Gasteiger partial charge in [0.15, 0.2) is 0 Å². The molecule has 3 aromatic rings. The molecular formula is C28H28N4O3S. The Bertz CT molecular complexity index is 1330. The summed E-state index contributed by atoms with van der Waals surface area (Å²) in [7, 11) is 0. The summed E-state index contributed by atoms with van der Waals surface area (Å²) in [5, 5.41) is 23.5. The summed E-state index contributed by atoms with van der Waals surface area (Å²) in [4.78, 5) is 25.1. The maximum absolute atomic E-state index is 12.7. The molecule has 1 aromatic heterocycles. The highest BCUT2D eigenvalue weighted by Crippen LogP contribution is 2.31. The molecule has 0 atom stereocenters. The third kappa shape index (κ3) is 5.86. The van der Waals surface area contributed by atoms with Crippen LogP contribution >= 0.6 is 11.8 Å². The molecule has 0 aliphatic heterocycles. The van der Waals surface area contributed by atoms with Gasteiger partial charge in [-0.3, -0.25) is 14.9 Å². The van der Waals surface area contributed by atoms with Gasteiger partial charge >= 0.3 is 0 Å². The van der Waals surface area contributed by atoms with E-state index in [1.807, 2.05) is 44.2 Å². The first-order chi connectivity index (χ1) is 17.4. The maximum atomic E-state index is 12.7. The number of rotatable bonds is 7. The molecule has 0 bridgehead atoms. The van der Waals surface area contributed by atoms with Gasteiger partial charge in [-0.2, -0.15) is 5.26 Å². The fourth-order valence-electron chi connectivity index (χ4n) is 4.58. The molecular weight excluding hydrogens is 472 g/mol. The minimum Gasteiger partial charge on any atom is -0.349 e. The predicted octanol–water partition coefficient (Wildman–Crippen LogP) is 6.51. The third-order valence-corrected chi connectivity index (χ3v) is 7.47. The molecule has 7 nitrogen and oxygen atoms in total. The van der Waals surface area contributed by atoms with Gasteiger partial charge in [0.05, 0.1) is 4.92 Å². The highest BCUT2D eigenvalue weighted by molar-refractivity contribution is 7.99. The topological polar surface area (TPSA) is 101 Å². The number of non-ortho nitro benzene ring substituents is 1. The van der Waals surface area contributed by atoms with Crippen molar-refractivity contribution in [2.45, 2.75) is 61.8 Å². The molecule has 0 spiro atoms. The minimum atomic E-state index is -0.406. The number of nitro benzene ring substituents is 1. The first-order valence-electron chi connectivity index (χ1n) is 12.0. The Kier molecular flexibility index (Phi) is 7.91. The SMILES string of the molecule is Cc1cc(C=C(C#N)C(=O)NC2CCCCC2)c(C)n1-c1ccc(Sc2ccc([N+](=O)[O-])cc2)cc1. The molecule has 1 aliphatic rings. The van der Waals surface area contributed by atoms with Gasteiger partial charge in [0, 0.05) is 45.0 Å². The van der Waals surface area contributed by atoms with E-state index in [0.717, 1.165) is 58.1 Å². The standard InChI is InChI=1S/C28H28N4O3S/c1-19-16-21(17-22(18-29)28(33)30-23-6-4-3-5-7-23)20(2)31(19)24-8-12-26(13-9-24)36-27-14-10-25(11-15-27)32(34)35/h8-17,23H,3-7H2,1-2H3,(H,30,33). The van der Waals surface area contributed by atoms with E-state index in [2.05, 4.69) is 16.0 Å². The monoisotopic (exact) mass is 500 g/mol. The Morgan fingerprint density at radius 1 is 1.08 bits per heavy atom. The van der Waals surface area contributed by atoms with Crippen molar-refractivity contribution in [3.05, 3.63) is 87.2 Å². The van der Waals surface area contributed by atoms with E-state index >= 15 is 0 Å². The zero-order chi connectivity index (χ0) is 25.7. The van der Waals surface area contributed by atoms with Gasteiger partial charge < -0.3 is 9.88 Å². The van der Waals surface area contributed by atoms with E-state index in [9.17, 15) is 20.2 Å². The van der Waals surface area contributed by atoms with Crippen LogP contribution in [0.5, 0.6) is 0 Å². The molecule has 1 N–H and O–H groups in total. The lowest BCUT2D eigenvalue weighted by atomic mass is 9.95. The molecule has 1 heterocycles. The highest BCUT2D eigenvalue weighted by Gasteiger charge is 2.19. The van der Waals surface area contributed by atoms with Crippen LogP contribution in [0.2, 0.25) is 0 Å². The summed E-state index contributed by atoms with van der Waals surface area (Å²) in [6.45, 7) is 3.98. The van der Waals surface area contributed by atoms with Crippen LogP contribution in [0.1, 0.15) is 49.1 Å². The molecule has 0 unspecified atom stereocenters. The van der Waals surface area contributed by atoms with Gasteiger partial charge in [-0.1, -0.05) is 31.0 Å². The number of carbonyl (C=O) groups excluding carboxylic acids is 1. The Labute approximate surface area is 215 Å². The largest absolute Gasteiger partial charge is 0.349 e. The Hall–Kier alpha value is -3.83. The van der Waals surface area contributed by atoms with Crippen molar-refractivity contribution < 1.29 is 9.72 Å². The number of nitro groups is 1. The molecule has 8 heteroatoms. The normalized spacial score (nSPS) is 14.3. The van der Waals surface area contributed by atoms with E-state index in [1.54, 1.807) is 18.2 Å². The number of nitriles is 1. The van der Waals surface area contributed by atoms with Gasteiger partial charge in [-0.15, -0.1) is 0 Å². The molecule has 0 radical (unpaired) electrons.